The van der Waals surface area contributed by atoms with Gasteiger partial charge in [-0.15, -0.1) is 0 Å². The van der Waals surface area contributed by atoms with E-state index in [9.17, 15) is 5.11 Å². The maximum absolute atomic E-state index is 10.2. The first kappa shape index (κ1) is 21.2. The van der Waals surface area contributed by atoms with Gasteiger partial charge in [-0.25, -0.2) is 9.97 Å². The third-order valence-electron chi connectivity index (χ3n) is 7.32. The summed E-state index contributed by atoms with van der Waals surface area (Å²) in [5.74, 6) is 0. The molecule has 2 aliphatic rings. The van der Waals surface area contributed by atoms with Crippen LogP contribution in [0.2, 0.25) is 0 Å². The summed E-state index contributed by atoms with van der Waals surface area (Å²) in [5, 5.41) is 16.0. The van der Waals surface area contributed by atoms with Crippen LogP contribution in [0.15, 0.2) is 91.2 Å². The second-order valence-electron chi connectivity index (χ2n) is 10.3. The lowest BCUT2D eigenvalue weighted by Crippen LogP contribution is -2.58. The molecule has 3 heterocycles. The van der Waals surface area contributed by atoms with Gasteiger partial charge in [0, 0.05) is 39.9 Å². The van der Waals surface area contributed by atoms with Crippen molar-refractivity contribution in [2.24, 2.45) is 5.73 Å². The summed E-state index contributed by atoms with van der Waals surface area (Å²) in [7, 11) is 0. The van der Waals surface area contributed by atoms with Gasteiger partial charge in [-0.1, -0.05) is 72.8 Å². The molecule has 6 nitrogen and oxygen atoms in total. The molecule has 176 valence electrons. The van der Waals surface area contributed by atoms with Crippen LogP contribution in [0.4, 0.5) is 0 Å². The summed E-state index contributed by atoms with van der Waals surface area (Å²) in [5.41, 5.74) is 13.9. The van der Waals surface area contributed by atoms with Crippen molar-refractivity contribution in [2.75, 3.05) is 0 Å². The molecule has 0 unspecified atom stereocenters. The fourth-order valence-electron chi connectivity index (χ4n) is 5.57. The predicted molar refractivity (Wildman–Crippen MR) is 142 cm³/mol. The topological polar surface area (TPSA) is 89.3 Å². The summed E-state index contributed by atoms with van der Waals surface area (Å²) in [4.78, 5) is 9.82. The average Bonchev–Trinajstić information content (AvgIpc) is 3.25. The number of hydrogen-bond acceptors (Lipinski definition) is 5. The van der Waals surface area contributed by atoms with Crippen molar-refractivity contribution in [3.63, 3.8) is 0 Å². The third-order valence-corrected chi connectivity index (χ3v) is 7.32. The number of aromatic nitrogens is 4. The van der Waals surface area contributed by atoms with Crippen molar-refractivity contribution in [2.45, 2.75) is 30.9 Å². The zero-order chi connectivity index (χ0) is 24.5. The lowest BCUT2D eigenvalue weighted by atomic mass is 9.63. The van der Waals surface area contributed by atoms with Gasteiger partial charge in [0.15, 0.2) is 11.3 Å². The fraction of sp³-hybridized carbons (Fsp3) is 0.167. The number of pyridine rings is 1. The van der Waals surface area contributed by atoms with Gasteiger partial charge in [0.05, 0.1) is 17.0 Å². The van der Waals surface area contributed by atoms with Crippen LogP contribution >= 0.6 is 0 Å². The van der Waals surface area contributed by atoms with E-state index in [2.05, 4.69) is 47.4 Å². The van der Waals surface area contributed by atoms with E-state index in [0.29, 0.717) is 12.8 Å². The molecule has 0 spiro atoms. The van der Waals surface area contributed by atoms with Crippen molar-refractivity contribution < 1.29 is 5.11 Å². The van der Waals surface area contributed by atoms with E-state index in [1.54, 1.807) is 0 Å². The molecule has 5 aromatic rings. The highest BCUT2D eigenvalue weighted by Crippen LogP contribution is 2.46. The molecule has 0 radical (unpaired) electrons. The lowest BCUT2D eigenvalue weighted by molar-refractivity contribution is -0.0738. The molecular weight excluding hydrogens is 446 g/mol. The minimum absolute atomic E-state index is 0.491. The molecule has 0 bridgehead atoms. The maximum Gasteiger partial charge on any atom is 0.165 e. The van der Waals surface area contributed by atoms with Gasteiger partial charge < -0.3 is 10.8 Å². The number of fused-ring (bicyclic) bond motifs is 3. The SMILES string of the molecule is CC1(O)CC(N)(c2ccc(-c3nc4c(cnc5cc(C6=CC=C6)nn54)cc3-c3ccccc3)cc2)C1. The van der Waals surface area contributed by atoms with E-state index in [0.717, 1.165) is 55.9 Å². The van der Waals surface area contributed by atoms with Crippen LogP contribution in [-0.2, 0) is 5.54 Å². The van der Waals surface area contributed by atoms with Crippen molar-refractivity contribution in [1.82, 2.24) is 19.6 Å². The largest absolute Gasteiger partial charge is 0.390 e. The van der Waals surface area contributed by atoms with Crippen LogP contribution in [0.25, 0.3) is 44.6 Å². The van der Waals surface area contributed by atoms with Gasteiger partial charge in [-0.3, -0.25) is 0 Å². The van der Waals surface area contributed by atoms with Crippen molar-refractivity contribution in [3.8, 4) is 22.4 Å². The van der Waals surface area contributed by atoms with Gasteiger partial charge in [0.1, 0.15) is 0 Å². The van der Waals surface area contributed by atoms with Gasteiger partial charge in [0.25, 0.3) is 0 Å². The van der Waals surface area contributed by atoms with Crippen molar-refractivity contribution in [1.29, 1.82) is 0 Å². The van der Waals surface area contributed by atoms with E-state index < -0.39 is 11.1 Å². The number of nitrogens with two attached hydrogens (primary N) is 1. The molecule has 36 heavy (non-hydrogen) atoms. The highest BCUT2D eigenvalue weighted by molar-refractivity contribution is 5.91. The van der Waals surface area contributed by atoms with E-state index >= 15 is 0 Å². The van der Waals surface area contributed by atoms with Crippen LogP contribution < -0.4 is 5.73 Å². The predicted octanol–water partition coefficient (Wildman–Crippen LogP) is 5.26. The summed E-state index contributed by atoms with van der Waals surface area (Å²) in [6.45, 7) is 1.84. The summed E-state index contributed by atoms with van der Waals surface area (Å²) >= 11 is 0. The molecule has 0 atom stereocenters. The van der Waals surface area contributed by atoms with Crippen LogP contribution in [0.5, 0.6) is 0 Å². The highest BCUT2D eigenvalue weighted by atomic mass is 16.3. The molecule has 3 N–H and O–H groups in total. The normalized spacial score (nSPS) is 22.9. The monoisotopic (exact) mass is 471 g/mol. The Morgan fingerprint density at radius 1 is 0.972 bits per heavy atom. The number of benzene rings is 2. The minimum Gasteiger partial charge on any atom is -0.390 e. The lowest BCUT2D eigenvalue weighted by Gasteiger charge is -2.49. The second kappa shape index (κ2) is 7.43. The van der Waals surface area contributed by atoms with Crippen LogP contribution in [0, 0.1) is 0 Å². The second-order valence-corrected chi connectivity index (χ2v) is 10.3. The van der Waals surface area contributed by atoms with E-state index in [1.165, 1.54) is 0 Å². The molecule has 3 aromatic heterocycles. The van der Waals surface area contributed by atoms with E-state index in [4.69, 9.17) is 15.8 Å². The Hall–Kier alpha value is -4.13. The maximum atomic E-state index is 10.2. The first-order valence-electron chi connectivity index (χ1n) is 12.1. The molecule has 7 rings (SSSR count). The molecule has 2 aliphatic carbocycles. The molecule has 0 saturated heterocycles. The molecule has 0 amide bonds. The Morgan fingerprint density at radius 3 is 2.39 bits per heavy atom. The van der Waals surface area contributed by atoms with Gasteiger partial charge in [0.2, 0.25) is 0 Å². The fourth-order valence-corrected chi connectivity index (χ4v) is 5.57. The first-order chi connectivity index (χ1) is 17.4. The number of aliphatic hydroxyl groups is 1. The van der Waals surface area contributed by atoms with Crippen LogP contribution in [0.3, 0.4) is 0 Å². The van der Waals surface area contributed by atoms with Gasteiger partial charge in [-0.2, -0.15) is 9.61 Å². The van der Waals surface area contributed by atoms with Crippen LogP contribution in [0.1, 0.15) is 31.0 Å². The summed E-state index contributed by atoms with van der Waals surface area (Å²) in [6.07, 6.45) is 9.08. The first-order valence-corrected chi connectivity index (χ1v) is 12.1. The third kappa shape index (κ3) is 3.30. The average molecular weight is 472 g/mol. The van der Waals surface area contributed by atoms with Crippen molar-refractivity contribution in [3.05, 3.63) is 102 Å². The highest BCUT2D eigenvalue weighted by Gasteiger charge is 2.49. The zero-order valence-electron chi connectivity index (χ0n) is 19.9. The Kier molecular flexibility index (Phi) is 4.37. The zero-order valence-corrected chi connectivity index (χ0v) is 19.9. The molecule has 2 aromatic carbocycles. The quantitative estimate of drug-likeness (QED) is 0.373. The number of nitrogens with zero attached hydrogens (tertiary/aromatic N) is 4. The number of allylic oxidation sites excluding steroid dienone is 4. The summed E-state index contributed by atoms with van der Waals surface area (Å²) < 4.78 is 1.83. The minimum atomic E-state index is -0.693. The molecule has 0 aliphatic heterocycles. The molecular formula is C30H25N5O. The van der Waals surface area contributed by atoms with Gasteiger partial charge in [-0.05, 0) is 37.0 Å². The standard InChI is InChI=1S/C30H25N5O/c1-29(36)17-30(31,18-29)23-12-10-21(11-13-23)27-24(19-6-3-2-4-7-19)14-22-16-32-26-15-25(20-8-5-9-20)34-35(26)28(22)33-27/h2-16,36H,17-18,31H2,1H3. The molecule has 1 fully saturated rings. The number of rotatable bonds is 4. The Bertz CT molecular complexity index is 1700. The van der Waals surface area contributed by atoms with E-state index in [-0.39, 0.29) is 0 Å². The Balaban J connectivity index is 1.40. The van der Waals surface area contributed by atoms with Gasteiger partial charge >= 0.3 is 0 Å². The Labute approximate surface area is 208 Å². The number of hydrogen-bond donors (Lipinski definition) is 2. The molecule has 1 saturated carbocycles. The smallest absolute Gasteiger partial charge is 0.165 e. The van der Waals surface area contributed by atoms with E-state index in [1.807, 2.05) is 60.1 Å². The summed E-state index contributed by atoms with van der Waals surface area (Å²) in [6, 6.07) is 22.7. The van der Waals surface area contributed by atoms with Crippen molar-refractivity contribution >= 4 is 22.3 Å². The Morgan fingerprint density at radius 2 is 1.72 bits per heavy atom. The van der Waals surface area contributed by atoms with Crippen LogP contribution in [-0.4, -0.2) is 30.3 Å². The molecule has 6 heteroatoms.